The van der Waals surface area contributed by atoms with Crippen molar-refractivity contribution in [2.45, 2.75) is 32.0 Å². The molecular weight excluding hydrogens is 384 g/mol. The quantitative estimate of drug-likeness (QED) is 0.678. The molecule has 7 nitrogen and oxygen atoms in total. The molecule has 4 atom stereocenters. The Morgan fingerprint density at radius 1 is 1.24 bits per heavy atom. The number of carbonyl (C=O) groups excluding carboxylic acids is 1. The fraction of sp³-hybridized carbons (Fsp3) is 0.429. The lowest BCUT2D eigenvalue weighted by atomic mass is 9.75. The van der Waals surface area contributed by atoms with Crippen LogP contribution in [-0.2, 0) is 17.9 Å². The lowest BCUT2D eigenvalue weighted by Crippen LogP contribution is -2.57. The number of thiophene rings is 1. The second-order valence-corrected chi connectivity index (χ2v) is 8.91. The van der Waals surface area contributed by atoms with E-state index in [2.05, 4.69) is 31.6 Å². The summed E-state index contributed by atoms with van der Waals surface area (Å²) < 4.78 is 1.92. The molecule has 0 saturated carbocycles. The van der Waals surface area contributed by atoms with Crippen molar-refractivity contribution in [3.63, 3.8) is 0 Å². The standard InChI is InChI=1S/C21H24N6OS/c28-21(23-11-17-4-3-9-29-17)18-13-26-8-6-15(18)10-16(26)12-27-14-20(24-25-27)19-5-1-2-7-22-19/h1-5,7,9,14-16,18H,6,8,10-13H2,(H,23,28)/t15?,16-,18+/m1/s1. The Morgan fingerprint density at radius 2 is 2.21 bits per heavy atom. The highest BCUT2D eigenvalue weighted by Gasteiger charge is 2.43. The minimum Gasteiger partial charge on any atom is -0.351 e. The van der Waals surface area contributed by atoms with Gasteiger partial charge in [0.2, 0.25) is 5.91 Å². The lowest BCUT2D eigenvalue weighted by Gasteiger charge is -2.49. The van der Waals surface area contributed by atoms with Crippen molar-refractivity contribution in [3.05, 3.63) is 53.0 Å². The molecule has 2 unspecified atom stereocenters. The van der Waals surface area contributed by atoms with E-state index in [0.29, 0.717) is 18.5 Å². The van der Waals surface area contributed by atoms with Crippen LogP contribution in [0.15, 0.2) is 48.1 Å². The number of fused-ring (bicyclic) bond motifs is 3. The summed E-state index contributed by atoms with van der Waals surface area (Å²) in [6, 6.07) is 10.3. The van der Waals surface area contributed by atoms with E-state index in [1.165, 1.54) is 4.88 Å². The zero-order valence-corrected chi connectivity index (χ0v) is 17.0. The van der Waals surface area contributed by atoms with Gasteiger partial charge < -0.3 is 5.32 Å². The van der Waals surface area contributed by atoms with Gasteiger partial charge in [-0.05, 0) is 48.9 Å². The summed E-state index contributed by atoms with van der Waals surface area (Å²) in [4.78, 5) is 20.7. The number of rotatable bonds is 6. The number of amides is 1. The van der Waals surface area contributed by atoms with E-state index in [1.807, 2.05) is 40.5 Å². The van der Waals surface area contributed by atoms with Crippen LogP contribution in [0.2, 0.25) is 0 Å². The van der Waals surface area contributed by atoms with Crippen molar-refractivity contribution in [1.82, 2.24) is 30.2 Å². The summed E-state index contributed by atoms with van der Waals surface area (Å²) in [5.41, 5.74) is 1.64. The summed E-state index contributed by atoms with van der Waals surface area (Å²) in [5, 5.41) is 13.8. The Balaban J connectivity index is 1.19. The average molecular weight is 409 g/mol. The first-order chi connectivity index (χ1) is 14.3. The summed E-state index contributed by atoms with van der Waals surface area (Å²) in [5.74, 6) is 0.747. The van der Waals surface area contributed by atoms with Gasteiger partial charge in [-0.2, -0.15) is 0 Å². The first kappa shape index (κ1) is 18.4. The van der Waals surface area contributed by atoms with Crippen molar-refractivity contribution in [1.29, 1.82) is 0 Å². The Kier molecular flexibility index (Phi) is 5.12. The predicted octanol–water partition coefficient (Wildman–Crippen LogP) is 2.43. The average Bonchev–Trinajstić information content (AvgIpc) is 3.45. The predicted molar refractivity (Wildman–Crippen MR) is 111 cm³/mol. The molecule has 1 N–H and O–H groups in total. The van der Waals surface area contributed by atoms with Crippen LogP contribution in [0, 0.1) is 11.8 Å². The van der Waals surface area contributed by atoms with Gasteiger partial charge in [0.1, 0.15) is 5.69 Å². The van der Waals surface area contributed by atoms with Crippen molar-refractivity contribution in [2.75, 3.05) is 13.1 Å². The van der Waals surface area contributed by atoms with Gasteiger partial charge in [0.05, 0.1) is 30.9 Å². The third kappa shape index (κ3) is 3.95. The number of pyridine rings is 1. The van der Waals surface area contributed by atoms with Crippen molar-refractivity contribution >= 4 is 17.2 Å². The minimum absolute atomic E-state index is 0.0970. The molecule has 6 rings (SSSR count). The molecule has 2 bridgehead atoms. The van der Waals surface area contributed by atoms with Crippen LogP contribution in [-0.4, -0.2) is 49.9 Å². The van der Waals surface area contributed by atoms with Crippen LogP contribution >= 0.6 is 11.3 Å². The first-order valence-corrected chi connectivity index (χ1v) is 11.0. The van der Waals surface area contributed by atoms with E-state index in [1.54, 1.807) is 17.5 Å². The smallest absolute Gasteiger partial charge is 0.224 e. The molecule has 3 aromatic rings. The SMILES string of the molecule is O=C(NCc1cccs1)[C@H]1CN2CCC1C[C@@H]2Cn1cc(-c2ccccn2)nn1. The number of aromatic nitrogens is 4. The Morgan fingerprint density at radius 3 is 2.97 bits per heavy atom. The van der Waals surface area contributed by atoms with Crippen LogP contribution in [0.1, 0.15) is 17.7 Å². The molecule has 29 heavy (non-hydrogen) atoms. The summed E-state index contributed by atoms with van der Waals surface area (Å²) in [7, 11) is 0. The maximum atomic E-state index is 12.7. The maximum Gasteiger partial charge on any atom is 0.224 e. The van der Waals surface area contributed by atoms with Gasteiger partial charge in [-0.3, -0.25) is 19.4 Å². The van der Waals surface area contributed by atoms with Crippen LogP contribution in [0.25, 0.3) is 11.4 Å². The van der Waals surface area contributed by atoms with Crippen molar-refractivity contribution in [2.24, 2.45) is 11.8 Å². The maximum absolute atomic E-state index is 12.7. The van der Waals surface area contributed by atoms with Crippen LogP contribution in [0.5, 0.6) is 0 Å². The number of nitrogens with zero attached hydrogens (tertiary/aromatic N) is 5. The van der Waals surface area contributed by atoms with Crippen molar-refractivity contribution < 1.29 is 4.79 Å². The van der Waals surface area contributed by atoms with E-state index >= 15 is 0 Å². The van der Waals surface area contributed by atoms with Gasteiger partial charge >= 0.3 is 0 Å². The number of nitrogens with one attached hydrogen (secondary N) is 1. The molecule has 0 radical (unpaired) electrons. The van der Waals surface area contributed by atoms with Gasteiger partial charge in [-0.15, -0.1) is 16.4 Å². The molecule has 0 spiro atoms. The molecule has 0 aromatic carbocycles. The largest absolute Gasteiger partial charge is 0.351 e. The normalized spacial score (nSPS) is 25.8. The van der Waals surface area contributed by atoms with Gasteiger partial charge in [-0.1, -0.05) is 17.3 Å². The Bertz CT molecular complexity index is 957. The fourth-order valence-electron chi connectivity index (χ4n) is 4.58. The fourth-order valence-corrected chi connectivity index (χ4v) is 5.22. The van der Waals surface area contributed by atoms with Crippen LogP contribution in [0.4, 0.5) is 0 Å². The monoisotopic (exact) mass is 408 g/mol. The topological polar surface area (TPSA) is 75.9 Å². The highest BCUT2D eigenvalue weighted by Crippen LogP contribution is 2.37. The second-order valence-electron chi connectivity index (χ2n) is 7.88. The zero-order chi connectivity index (χ0) is 19.6. The third-order valence-corrected chi connectivity index (χ3v) is 6.97. The number of hydrogen-bond donors (Lipinski definition) is 1. The molecule has 6 heterocycles. The molecule has 1 amide bonds. The summed E-state index contributed by atoms with van der Waals surface area (Å²) in [6.45, 7) is 3.34. The molecular formula is C21H24N6OS. The van der Waals surface area contributed by atoms with Gasteiger partial charge in [-0.25, -0.2) is 0 Å². The third-order valence-electron chi connectivity index (χ3n) is 6.10. The highest BCUT2D eigenvalue weighted by molar-refractivity contribution is 7.09. The molecule has 150 valence electrons. The van der Waals surface area contributed by atoms with Crippen LogP contribution in [0.3, 0.4) is 0 Å². The van der Waals surface area contributed by atoms with E-state index in [0.717, 1.165) is 43.9 Å². The molecule has 0 aliphatic carbocycles. The lowest BCUT2D eigenvalue weighted by molar-refractivity contribution is -0.133. The number of piperidine rings is 3. The van der Waals surface area contributed by atoms with E-state index in [9.17, 15) is 4.79 Å². The first-order valence-electron chi connectivity index (χ1n) is 10.1. The van der Waals surface area contributed by atoms with Gasteiger partial charge in [0.15, 0.2) is 0 Å². The highest BCUT2D eigenvalue weighted by atomic mass is 32.1. The van der Waals surface area contributed by atoms with Gasteiger partial charge in [0, 0.05) is 23.7 Å². The Labute approximate surface area is 173 Å². The molecule has 8 heteroatoms. The molecule has 3 fully saturated rings. The molecule has 3 saturated heterocycles. The summed E-state index contributed by atoms with van der Waals surface area (Å²) >= 11 is 1.68. The molecule has 3 aromatic heterocycles. The number of hydrogen-bond acceptors (Lipinski definition) is 6. The summed E-state index contributed by atoms with van der Waals surface area (Å²) in [6.07, 6.45) is 5.88. The number of carbonyl (C=O) groups is 1. The zero-order valence-electron chi connectivity index (χ0n) is 16.1. The van der Waals surface area contributed by atoms with Crippen molar-refractivity contribution in [3.8, 4) is 11.4 Å². The Hall–Kier alpha value is -2.58. The minimum atomic E-state index is 0.0970. The van der Waals surface area contributed by atoms with Crippen LogP contribution < -0.4 is 5.32 Å². The second kappa shape index (κ2) is 8.04. The van der Waals surface area contributed by atoms with E-state index in [-0.39, 0.29) is 11.8 Å². The van der Waals surface area contributed by atoms with E-state index < -0.39 is 0 Å². The van der Waals surface area contributed by atoms with E-state index in [4.69, 9.17) is 0 Å². The molecule has 3 aliphatic heterocycles. The van der Waals surface area contributed by atoms with Gasteiger partial charge in [0.25, 0.3) is 0 Å². The molecule has 3 aliphatic rings.